The summed E-state index contributed by atoms with van der Waals surface area (Å²) in [5, 5.41) is 8.88. The second kappa shape index (κ2) is 5.18. The molecule has 0 spiro atoms. The molecule has 5 nitrogen and oxygen atoms in total. The molecule has 0 fully saturated rings. The fourth-order valence-corrected chi connectivity index (χ4v) is 0.815. The van der Waals surface area contributed by atoms with E-state index in [0.29, 0.717) is 13.1 Å². The molecule has 0 aromatic rings. The minimum atomic E-state index is -1.000. The summed E-state index contributed by atoms with van der Waals surface area (Å²) in [5.41, 5.74) is 4.74. The molecule has 0 aliphatic rings. The van der Waals surface area contributed by atoms with Crippen LogP contribution in [0.25, 0.3) is 0 Å². The SMILES string of the molecule is CCN(CC)C(=O)C=C(O)C(N)=O. The van der Waals surface area contributed by atoms with Gasteiger partial charge in [0.1, 0.15) is 0 Å². The Labute approximate surface area is 76.8 Å². The smallest absolute Gasteiger partial charge is 0.283 e. The number of aliphatic hydroxyl groups excluding tert-OH is 1. The molecule has 5 heteroatoms. The monoisotopic (exact) mass is 186 g/mol. The van der Waals surface area contributed by atoms with Crippen LogP contribution in [0.2, 0.25) is 0 Å². The van der Waals surface area contributed by atoms with Crippen LogP contribution in [0.5, 0.6) is 0 Å². The highest BCUT2D eigenvalue weighted by Gasteiger charge is 2.09. The minimum Gasteiger partial charge on any atom is -0.503 e. The van der Waals surface area contributed by atoms with Crippen LogP contribution in [0.4, 0.5) is 0 Å². The number of carbonyl (C=O) groups excluding carboxylic acids is 2. The predicted octanol–water partition coefficient (Wildman–Crippen LogP) is -0.218. The summed E-state index contributed by atoms with van der Waals surface area (Å²) in [6.45, 7) is 4.66. The van der Waals surface area contributed by atoms with Gasteiger partial charge in [0, 0.05) is 13.1 Å². The fraction of sp³-hybridized carbons (Fsp3) is 0.500. The molecular formula is C8H14N2O3. The molecule has 0 radical (unpaired) electrons. The van der Waals surface area contributed by atoms with Gasteiger partial charge >= 0.3 is 0 Å². The Morgan fingerprint density at radius 3 is 2.15 bits per heavy atom. The van der Waals surface area contributed by atoms with Crippen LogP contribution in [0, 0.1) is 0 Å². The average Bonchev–Trinajstić information content (AvgIpc) is 2.06. The van der Waals surface area contributed by atoms with E-state index >= 15 is 0 Å². The molecule has 74 valence electrons. The molecule has 0 aromatic heterocycles. The first-order chi connectivity index (χ1) is 6.02. The van der Waals surface area contributed by atoms with E-state index in [4.69, 9.17) is 10.8 Å². The van der Waals surface area contributed by atoms with Crippen molar-refractivity contribution in [2.24, 2.45) is 5.73 Å². The van der Waals surface area contributed by atoms with E-state index < -0.39 is 17.6 Å². The van der Waals surface area contributed by atoms with Gasteiger partial charge < -0.3 is 15.7 Å². The number of aliphatic hydroxyl groups is 1. The third-order valence-corrected chi connectivity index (χ3v) is 1.59. The molecule has 0 unspecified atom stereocenters. The lowest BCUT2D eigenvalue weighted by molar-refractivity contribution is -0.126. The number of amides is 2. The van der Waals surface area contributed by atoms with Crippen molar-refractivity contribution >= 4 is 11.8 Å². The predicted molar refractivity (Wildman–Crippen MR) is 47.8 cm³/mol. The van der Waals surface area contributed by atoms with Crippen molar-refractivity contribution in [3.63, 3.8) is 0 Å². The van der Waals surface area contributed by atoms with Gasteiger partial charge in [-0.25, -0.2) is 0 Å². The Bertz CT molecular complexity index is 232. The summed E-state index contributed by atoms with van der Waals surface area (Å²) in [6.07, 6.45) is 0.829. The second-order valence-corrected chi connectivity index (χ2v) is 2.40. The third kappa shape index (κ3) is 3.59. The Morgan fingerprint density at radius 2 is 1.85 bits per heavy atom. The van der Waals surface area contributed by atoms with Crippen molar-refractivity contribution in [2.45, 2.75) is 13.8 Å². The third-order valence-electron chi connectivity index (χ3n) is 1.59. The van der Waals surface area contributed by atoms with Gasteiger partial charge in [-0.15, -0.1) is 0 Å². The molecule has 0 aromatic carbocycles. The molecule has 2 amide bonds. The zero-order chi connectivity index (χ0) is 10.4. The van der Waals surface area contributed by atoms with E-state index in [1.807, 2.05) is 0 Å². The van der Waals surface area contributed by atoms with Gasteiger partial charge in [0.25, 0.3) is 5.91 Å². The van der Waals surface area contributed by atoms with E-state index in [1.165, 1.54) is 4.90 Å². The van der Waals surface area contributed by atoms with Crippen molar-refractivity contribution in [1.29, 1.82) is 0 Å². The van der Waals surface area contributed by atoms with Crippen LogP contribution in [-0.4, -0.2) is 34.9 Å². The summed E-state index contributed by atoms with van der Waals surface area (Å²) in [7, 11) is 0. The number of likely N-dealkylation sites (N-methyl/N-ethyl adjacent to an activating group) is 1. The topological polar surface area (TPSA) is 83.6 Å². The van der Waals surface area contributed by atoms with E-state index in [0.717, 1.165) is 6.08 Å². The van der Waals surface area contributed by atoms with Crippen LogP contribution in [0.15, 0.2) is 11.8 Å². The first-order valence-corrected chi connectivity index (χ1v) is 4.02. The number of hydrogen-bond donors (Lipinski definition) is 2. The second-order valence-electron chi connectivity index (χ2n) is 2.40. The normalized spacial score (nSPS) is 11.1. The summed E-state index contributed by atoms with van der Waals surface area (Å²) >= 11 is 0. The van der Waals surface area contributed by atoms with Gasteiger partial charge in [-0.3, -0.25) is 9.59 Å². The lowest BCUT2D eigenvalue weighted by atomic mass is 10.3. The summed E-state index contributed by atoms with van der Waals surface area (Å²) < 4.78 is 0. The summed E-state index contributed by atoms with van der Waals surface area (Å²) in [5.74, 6) is -2.13. The molecule has 0 aliphatic heterocycles. The van der Waals surface area contributed by atoms with Crippen molar-refractivity contribution in [3.8, 4) is 0 Å². The van der Waals surface area contributed by atoms with E-state index in [9.17, 15) is 9.59 Å². The van der Waals surface area contributed by atoms with Crippen LogP contribution < -0.4 is 5.73 Å². The molecule has 3 N–H and O–H groups in total. The van der Waals surface area contributed by atoms with E-state index in [2.05, 4.69) is 0 Å². The van der Waals surface area contributed by atoms with Crippen LogP contribution >= 0.6 is 0 Å². The van der Waals surface area contributed by atoms with Crippen molar-refractivity contribution in [3.05, 3.63) is 11.8 Å². The number of hydrogen-bond acceptors (Lipinski definition) is 3. The number of rotatable bonds is 4. The first-order valence-electron chi connectivity index (χ1n) is 4.02. The maximum absolute atomic E-state index is 11.2. The lowest BCUT2D eigenvalue weighted by Crippen LogP contribution is -2.30. The Kier molecular flexibility index (Phi) is 4.58. The number of carbonyl (C=O) groups is 2. The molecule has 0 saturated carbocycles. The van der Waals surface area contributed by atoms with E-state index in [-0.39, 0.29) is 0 Å². The van der Waals surface area contributed by atoms with Crippen LogP contribution in [0.1, 0.15) is 13.8 Å². The largest absolute Gasteiger partial charge is 0.503 e. The molecule has 13 heavy (non-hydrogen) atoms. The molecule has 0 bridgehead atoms. The molecule has 0 rings (SSSR count). The van der Waals surface area contributed by atoms with Crippen LogP contribution in [0.3, 0.4) is 0 Å². The number of nitrogens with zero attached hydrogens (tertiary/aromatic N) is 1. The Hall–Kier alpha value is -1.52. The highest BCUT2D eigenvalue weighted by molar-refractivity contribution is 5.98. The highest BCUT2D eigenvalue weighted by atomic mass is 16.3. The number of nitrogens with two attached hydrogens (primary N) is 1. The summed E-state index contributed by atoms with van der Waals surface area (Å²) in [4.78, 5) is 23.0. The van der Waals surface area contributed by atoms with Crippen molar-refractivity contribution < 1.29 is 14.7 Å². The molecule has 0 atom stereocenters. The maximum atomic E-state index is 11.2. The zero-order valence-electron chi connectivity index (χ0n) is 7.78. The van der Waals surface area contributed by atoms with Gasteiger partial charge in [-0.2, -0.15) is 0 Å². The van der Waals surface area contributed by atoms with E-state index in [1.54, 1.807) is 13.8 Å². The summed E-state index contributed by atoms with van der Waals surface area (Å²) in [6, 6.07) is 0. The van der Waals surface area contributed by atoms with Gasteiger partial charge in [0.05, 0.1) is 6.08 Å². The molecule has 0 saturated heterocycles. The molecule has 0 aliphatic carbocycles. The van der Waals surface area contributed by atoms with Gasteiger partial charge in [0.15, 0.2) is 5.76 Å². The first kappa shape index (κ1) is 11.5. The minimum absolute atomic E-state index is 0.415. The highest BCUT2D eigenvalue weighted by Crippen LogP contribution is 1.94. The van der Waals surface area contributed by atoms with Crippen molar-refractivity contribution in [1.82, 2.24) is 4.90 Å². The quantitative estimate of drug-likeness (QED) is 0.470. The number of primary amides is 1. The Morgan fingerprint density at radius 1 is 1.38 bits per heavy atom. The maximum Gasteiger partial charge on any atom is 0.283 e. The lowest BCUT2D eigenvalue weighted by Gasteiger charge is -2.15. The van der Waals surface area contributed by atoms with Crippen LogP contribution in [-0.2, 0) is 9.59 Å². The average molecular weight is 186 g/mol. The molecule has 0 heterocycles. The molecular weight excluding hydrogens is 172 g/mol. The Balaban J connectivity index is 4.44. The van der Waals surface area contributed by atoms with Crippen molar-refractivity contribution in [2.75, 3.05) is 13.1 Å². The van der Waals surface area contributed by atoms with Gasteiger partial charge in [-0.1, -0.05) is 0 Å². The fourth-order valence-electron chi connectivity index (χ4n) is 0.815. The standard InChI is InChI=1S/C8H14N2O3/c1-3-10(4-2)7(12)5-6(11)8(9)13/h5,11H,3-4H2,1-2H3,(H2,9,13). The van der Waals surface area contributed by atoms with Gasteiger partial charge in [0.2, 0.25) is 5.91 Å². The zero-order valence-corrected chi connectivity index (χ0v) is 7.78. The van der Waals surface area contributed by atoms with Gasteiger partial charge in [-0.05, 0) is 13.8 Å².